The molecular formula is C17H18N2O. The van der Waals surface area contributed by atoms with Crippen molar-refractivity contribution in [1.82, 2.24) is 4.98 Å². The fourth-order valence-electron chi connectivity index (χ4n) is 1.91. The van der Waals surface area contributed by atoms with E-state index in [-0.39, 0.29) is 5.41 Å². The quantitative estimate of drug-likeness (QED) is 0.830. The average Bonchev–Trinajstić information content (AvgIpc) is 2.40. The molecule has 0 spiro atoms. The standard InChI is InChI=1S/C17H18N2O/c1-17(2,3)10-14-6-9-16(19-12-14)20-15-7-4-13(11-18)5-8-15/h4-9,12H,10H2,1-3H3. The van der Waals surface area contributed by atoms with Gasteiger partial charge in [-0.2, -0.15) is 5.26 Å². The zero-order valence-electron chi connectivity index (χ0n) is 12.1. The molecule has 102 valence electrons. The lowest BCUT2D eigenvalue weighted by atomic mass is 9.89. The summed E-state index contributed by atoms with van der Waals surface area (Å²) < 4.78 is 5.64. The molecule has 3 heteroatoms. The van der Waals surface area contributed by atoms with Crippen molar-refractivity contribution in [2.24, 2.45) is 5.41 Å². The Balaban J connectivity index is 2.05. The van der Waals surface area contributed by atoms with Crippen molar-refractivity contribution in [3.63, 3.8) is 0 Å². The van der Waals surface area contributed by atoms with E-state index in [1.54, 1.807) is 24.3 Å². The molecule has 0 amide bonds. The van der Waals surface area contributed by atoms with E-state index >= 15 is 0 Å². The lowest BCUT2D eigenvalue weighted by Gasteiger charge is -2.17. The normalized spacial score (nSPS) is 10.9. The Morgan fingerprint density at radius 2 is 1.80 bits per heavy atom. The third-order valence-corrected chi connectivity index (χ3v) is 2.74. The Morgan fingerprint density at radius 3 is 2.30 bits per heavy atom. The molecule has 0 fully saturated rings. The lowest BCUT2D eigenvalue weighted by Crippen LogP contribution is -2.09. The van der Waals surface area contributed by atoms with Gasteiger partial charge in [-0.1, -0.05) is 26.8 Å². The van der Waals surface area contributed by atoms with Crippen molar-refractivity contribution in [3.8, 4) is 17.7 Å². The summed E-state index contributed by atoms with van der Waals surface area (Å²) in [6, 6.07) is 13.0. The molecule has 20 heavy (non-hydrogen) atoms. The average molecular weight is 266 g/mol. The van der Waals surface area contributed by atoms with Gasteiger partial charge in [0.25, 0.3) is 0 Å². The first-order chi connectivity index (χ1) is 9.46. The second-order valence-corrected chi connectivity index (χ2v) is 5.98. The van der Waals surface area contributed by atoms with Crippen LogP contribution in [0.4, 0.5) is 0 Å². The number of rotatable bonds is 3. The Kier molecular flexibility index (Phi) is 4.05. The Morgan fingerprint density at radius 1 is 1.10 bits per heavy atom. The molecular weight excluding hydrogens is 248 g/mol. The highest BCUT2D eigenvalue weighted by Gasteiger charge is 2.11. The number of nitriles is 1. The Labute approximate surface area is 119 Å². The summed E-state index contributed by atoms with van der Waals surface area (Å²) in [5.74, 6) is 1.24. The van der Waals surface area contributed by atoms with Crippen molar-refractivity contribution in [2.75, 3.05) is 0 Å². The molecule has 2 rings (SSSR count). The molecule has 1 aromatic carbocycles. The van der Waals surface area contributed by atoms with E-state index in [9.17, 15) is 0 Å². The van der Waals surface area contributed by atoms with Gasteiger partial charge in [0.1, 0.15) is 5.75 Å². The van der Waals surface area contributed by atoms with Crippen molar-refractivity contribution in [2.45, 2.75) is 27.2 Å². The molecule has 0 saturated carbocycles. The summed E-state index contributed by atoms with van der Waals surface area (Å²) in [5, 5.41) is 8.74. The first kappa shape index (κ1) is 14.1. The van der Waals surface area contributed by atoms with Crippen LogP contribution in [0.1, 0.15) is 31.9 Å². The minimum Gasteiger partial charge on any atom is -0.439 e. The minimum atomic E-state index is 0.247. The van der Waals surface area contributed by atoms with Gasteiger partial charge in [0.2, 0.25) is 5.88 Å². The third-order valence-electron chi connectivity index (χ3n) is 2.74. The van der Waals surface area contributed by atoms with Crippen LogP contribution < -0.4 is 4.74 Å². The SMILES string of the molecule is CC(C)(C)Cc1ccc(Oc2ccc(C#N)cc2)nc1. The largest absolute Gasteiger partial charge is 0.439 e. The van der Waals surface area contributed by atoms with Crippen LogP contribution in [-0.2, 0) is 6.42 Å². The van der Waals surface area contributed by atoms with Gasteiger partial charge >= 0.3 is 0 Å². The zero-order valence-corrected chi connectivity index (χ0v) is 12.1. The summed E-state index contributed by atoms with van der Waals surface area (Å²) in [5.41, 5.74) is 2.06. The van der Waals surface area contributed by atoms with E-state index in [4.69, 9.17) is 10.00 Å². The molecule has 0 saturated heterocycles. The number of ether oxygens (including phenoxy) is 1. The van der Waals surface area contributed by atoms with Gasteiger partial charge < -0.3 is 4.74 Å². The van der Waals surface area contributed by atoms with Crippen molar-refractivity contribution in [3.05, 3.63) is 53.7 Å². The first-order valence-corrected chi connectivity index (χ1v) is 6.59. The second kappa shape index (κ2) is 5.75. The van der Waals surface area contributed by atoms with Gasteiger partial charge in [-0.3, -0.25) is 0 Å². The fourth-order valence-corrected chi connectivity index (χ4v) is 1.91. The van der Waals surface area contributed by atoms with Crippen LogP contribution in [0.5, 0.6) is 11.6 Å². The number of hydrogen-bond acceptors (Lipinski definition) is 3. The predicted molar refractivity (Wildman–Crippen MR) is 78.6 cm³/mol. The van der Waals surface area contributed by atoms with E-state index < -0.39 is 0 Å². The first-order valence-electron chi connectivity index (χ1n) is 6.59. The smallest absolute Gasteiger partial charge is 0.219 e. The second-order valence-electron chi connectivity index (χ2n) is 5.98. The number of pyridine rings is 1. The van der Waals surface area contributed by atoms with Crippen LogP contribution in [0.3, 0.4) is 0 Å². The molecule has 3 nitrogen and oxygen atoms in total. The zero-order chi connectivity index (χ0) is 14.6. The molecule has 0 aliphatic heterocycles. The van der Waals surface area contributed by atoms with Crippen LogP contribution in [0.15, 0.2) is 42.6 Å². The number of aromatic nitrogens is 1. The van der Waals surface area contributed by atoms with Crippen LogP contribution in [0, 0.1) is 16.7 Å². The molecule has 1 heterocycles. The van der Waals surface area contributed by atoms with Crippen LogP contribution in [0.2, 0.25) is 0 Å². The Hall–Kier alpha value is -2.34. The summed E-state index contributed by atoms with van der Waals surface area (Å²) >= 11 is 0. The molecule has 0 aliphatic rings. The fraction of sp³-hybridized carbons (Fsp3) is 0.294. The number of nitrogens with zero attached hydrogens (tertiary/aromatic N) is 2. The van der Waals surface area contributed by atoms with Gasteiger partial charge in [-0.25, -0.2) is 4.98 Å². The minimum absolute atomic E-state index is 0.247. The van der Waals surface area contributed by atoms with E-state index in [1.807, 2.05) is 18.3 Å². The molecule has 0 atom stereocenters. The third kappa shape index (κ3) is 4.10. The van der Waals surface area contributed by atoms with Crippen LogP contribution >= 0.6 is 0 Å². The monoisotopic (exact) mass is 266 g/mol. The molecule has 1 aromatic heterocycles. The maximum Gasteiger partial charge on any atom is 0.219 e. The Bertz CT molecular complexity index is 601. The van der Waals surface area contributed by atoms with E-state index in [0.717, 1.165) is 6.42 Å². The maximum atomic E-state index is 8.74. The van der Waals surface area contributed by atoms with Gasteiger partial charge in [0, 0.05) is 12.3 Å². The highest BCUT2D eigenvalue weighted by Crippen LogP contribution is 2.23. The predicted octanol–water partition coefficient (Wildman–Crippen LogP) is 4.33. The number of hydrogen-bond donors (Lipinski definition) is 0. The van der Waals surface area contributed by atoms with Gasteiger partial charge in [-0.15, -0.1) is 0 Å². The van der Waals surface area contributed by atoms with Gasteiger partial charge in [0.05, 0.1) is 11.6 Å². The molecule has 0 unspecified atom stereocenters. The topological polar surface area (TPSA) is 45.9 Å². The highest BCUT2D eigenvalue weighted by atomic mass is 16.5. The van der Waals surface area contributed by atoms with Crippen molar-refractivity contribution >= 4 is 0 Å². The molecule has 2 aromatic rings. The molecule has 0 N–H and O–H groups in total. The lowest BCUT2D eigenvalue weighted by molar-refractivity contribution is 0.409. The van der Waals surface area contributed by atoms with E-state index in [2.05, 4.69) is 31.8 Å². The van der Waals surface area contributed by atoms with Crippen molar-refractivity contribution in [1.29, 1.82) is 5.26 Å². The number of benzene rings is 1. The summed E-state index contributed by atoms with van der Waals surface area (Å²) in [7, 11) is 0. The van der Waals surface area contributed by atoms with Gasteiger partial charge in [0.15, 0.2) is 0 Å². The maximum absolute atomic E-state index is 8.74. The van der Waals surface area contributed by atoms with Crippen molar-refractivity contribution < 1.29 is 4.74 Å². The van der Waals surface area contributed by atoms with Gasteiger partial charge in [-0.05, 0) is 41.7 Å². The summed E-state index contributed by atoms with van der Waals surface area (Å²) in [6.45, 7) is 6.61. The summed E-state index contributed by atoms with van der Waals surface area (Å²) in [4.78, 5) is 4.31. The van der Waals surface area contributed by atoms with Crippen LogP contribution in [0.25, 0.3) is 0 Å². The molecule has 0 radical (unpaired) electrons. The van der Waals surface area contributed by atoms with E-state index in [1.165, 1.54) is 5.56 Å². The molecule has 0 bridgehead atoms. The molecule has 0 aliphatic carbocycles. The van der Waals surface area contributed by atoms with Crippen LogP contribution in [-0.4, -0.2) is 4.98 Å². The highest BCUT2D eigenvalue weighted by molar-refractivity contribution is 5.36. The van der Waals surface area contributed by atoms with E-state index in [0.29, 0.717) is 17.2 Å². The summed E-state index contributed by atoms with van der Waals surface area (Å²) in [6.07, 6.45) is 2.83.